The van der Waals surface area contributed by atoms with Gasteiger partial charge in [0.05, 0.1) is 11.0 Å². The van der Waals surface area contributed by atoms with E-state index in [2.05, 4.69) is 4.72 Å². The van der Waals surface area contributed by atoms with Gasteiger partial charge in [-0.1, -0.05) is 19.1 Å². The Balaban J connectivity index is 3.29. The predicted octanol–water partition coefficient (Wildman–Crippen LogP) is 1.55. The van der Waals surface area contributed by atoms with Gasteiger partial charge in [-0.25, -0.2) is 13.1 Å². The third-order valence-electron chi connectivity index (χ3n) is 2.82. The van der Waals surface area contributed by atoms with Crippen LogP contribution in [0.3, 0.4) is 0 Å². The van der Waals surface area contributed by atoms with Crippen LogP contribution in [0.5, 0.6) is 0 Å². The molecular weight excluding hydrogens is 284 g/mol. The van der Waals surface area contributed by atoms with E-state index in [0.29, 0.717) is 0 Å². The molecule has 1 unspecified atom stereocenters. The molecule has 0 heterocycles. The van der Waals surface area contributed by atoms with Gasteiger partial charge in [-0.05, 0) is 19.4 Å². The number of aryl methyl sites for hydroxylation is 1. The van der Waals surface area contributed by atoms with Gasteiger partial charge in [0.1, 0.15) is 5.78 Å². The van der Waals surface area contributed by atoms with Gasteiger partial charge in [0.2, 0.25) is 10.0 Å². The molecule has 1 rings (SSSR count). The molecule has 20 heavy (non-hydrogen) atoms. The summed E-state index contributed by atoms with van der Waals surface area (Å²) in [5.74, 6) is -0.287. The van der Waals surface area contributed by atoms with Crippen molar-refractivity contribution >= 4 is 21.5 Å². The summed E-state index contributed by atoms with van der Waals surface area (Å²) in [6.07, 6.45) is 0.180. The summed E-state index contributed by atoms with van der Waals surface area (Å²) in [6, 6.07) is 3.07. The maximum atomic E-state index is 12.2. The number of nitro groups is 1. The van der Waals surface area contributed by atoms with Gasteiger partial charge in [0.15, 0.2) is 4.90 Å². The van der Waals surface area contributed by atoms with E-state index in [1.165, 1.54) is 26.0 Å². The minimum atomic E-state index is -4.13. The second-order valence-corrected chi connectivity index (χ2v) is 5.99. The summed E-state index contributed by atoms with van der Waals surface area (Å²) < 4.78 is 26.7. The number of nitrogens with one attached hydrogen (secondary N) is 1. The zero-order valence-corrected chi connectivity index (χ0v) is 12.2. The Hall–Kier alpha value is -1.80. The fourth-order valence-corrected chi connectivity index (χ4v) is 3.42. The van der Waals surface area contributed by atoms with E-state index in [9.17, 15) is 23.3 Å². The summed E-state index contributed by atoms with van der Waals surface area (Å²) >= 11 is 0. The number of carbonyl (C=O) groups is 1. The molecule has 0 aliphatic carbocycles. The van der Waals surface area contributed by atoms with Crippen LogP contribution in [0, 0.1) is 17.0 Å². The van der Waals surface area contributed by atoms with Gasteiger partial charge >= 0.3 is 0 Å². The first-order valence-electron chi connectivity index (χ1n) is 5.99. The number of sulfonamides is 1. The molecule has 1 N–H and O–H groups in total. The number of rotatable bonds is 6. The van der Waals surface area contributed by atoms with Crippen LogP contribution in [0.4, 0.5) is 5.69 Å². The molecule has 7 nitrogen and oxygen atoms in total. The summed E-state index contributed by atoms with van der Waals surface area (Å²) in [5, 5.41) is 10.9. The highest BCUT2D eigenvalue weighted by atomic mass is 32.2. The molecule has 1 aromatic rings. The number of benzene rings is 1. The summed E-state index contributed by atoms with van der Waals surface area (Å²) in [6.45, 7) is 4.49. The van der Waals surface area contributed by atoms with Crippen molar-refractivity contribution < 1.29 is 18.1 Å². The van der Waals surface area contributed by atoms with Gasteiger partial charge < -0.3 is 0 Å². The Bertz CT molecular complexity index is 639. The molecule has 8 heteroatoms. The Labute approximate surface area is 117 Å². The Morgan fingerprint density at radius 3 is 2.55 bits per heavy atom. The molecule has 1 atom stereocenters. The zero-order valence-electron chi connectivity index (χ0n) is 11.4. The molecule has 1 aromatic carbocycles. The number of hydrogen-bond donors (Lipinski definition) is 1. The number of nitrogens with zero attached hydrogens (tertiary/aromatic N) is 1. The van der Waals surface area contributed by atoms with Crippen LogP contribution in [0.1, 0.15) is 25.8 Å². The van der Waals surface area contributed by atoms with Crippen LogP contribution < -0.4 is 4.72 Å². The lowest BCUT2D eigenvalue weighted by Gasteiger charge is -2.14. The lowest BCUT2D eigenvalue weighted by Crippen LogP contribution is -2.38. The molecule has 0 aliphatic rings. The van der Waals surface area contributed by atoms with Gasteiger partial charge in [-0.2, -0.15) is 0 Å². The van der Waals surface area contributed by atoms with Crippen molar-refractivity contribution in [1.82, 2.24) is 4.72 Å². The fourth-order valence-electron chi connectivity index (χ4n) is 1.79. The SMILES string of the molecule is CCC(=O)C(C)NS(=O)(=O)c1c(C)cccc1[N+](=O)[O-]. The van der Waals surface area contributed by atoms with Crippen molar-refractivity contribution in [3.8, 4) is 0 Å². The van der Waals surface area contributed by atoms with Crippen molar-refractivity contribution in [2.75, 3.05) is 0 Å². The highest BCUT2D eigenvalue weighted by molar-refractivity contribution is 7.89. The first kappa shape index (κ1) is 16.3. The van der Waals surface area contributed by atoms with Crippen LogP contribution in [0.25, 0.3) is 0 Å². The average Bonchev–Trinajstić information content (AvgIpc) is 2.36. The third-order valence-corrected chi connectivity index (χ3v) is 4.55. The largest absolute Gasteiger partial charge is 0.298 e. The Morgan fingerprint density at radius 2 is 2.05 bits per heavy atom. The molecule has 110 valence electrons. The van der Waals surface area contributed by atoms with E-state index in [-0.39, 0.29) is 17.8 Å². The molecule has 0 bridgehead atoms. The van der Waals surface area contributed by atoms with Gasteiger partial charge in [-0.15, -0.1) is 0 Å². The molecule has 0 aromatic heterocycles. The predicted molar refractivity (Wildman–Crippen MR) is 72.9 cm³/mol. The van der Waals surface area contributed by atoms with Crippen LogP contribution in [0.15, 0.2) is 23.1 Å². The summed E-state index contributed by atoms with van der Waals surface area (Å²) in [7, 11) is -4.13. The topological polar surface area (TPSA) is 106 Å². The number of carbonyl (C=O) groups excluding carboxylic acids is 1. The fraction of sp³-hybridized carbons (Fsp3) is 0.417. The standard InChI is InChI=1S/C12H16N2O5S/c1-4-11(15)9(3)13-20(18,19)12-8(2)6-5-7-10(12)14(16)17/h5-7,9,13H,4H2,1-3H3. The van der Waals surface area contributed by atoms with E-state index < -0.39 is 31.6 Å². The van der Waals surface area contributed by atoms with Crippen LogP contribution in [0.2, 0.25) is 0 Å². The minimum Gasteiger partial charge on any atom is -0.298 e. The van der Waals surface area contributed by atoms with Crippen molar-refractivity contribution in [3.63, 3.8) is 0 Å². The van der Waals surface area contributed by atoms with E-state index in [1.807, 2.05) is 0 Å². The highest BCUT2D eigenvalue weighted by Gasteiger charge is 2.30. The van der Waals surface area contributed by atoms with Gasteiger partial charge in [-0.3, -0.25) is 14.9 Å². The number of nitro benzene ring substituents is 1. The lowest BCUT2D eigenvalue weighted by molar-refractivity contribution is -0.387. The quantitative estimate of drug-likeness (QED) is 0.633. The molecule has 0 radical (unpaired) electrons. The molecular formula is C12H16N2O5S. The second kappa shape index (κ2) is 6.10. The number of hydrogen-bond acceptors (Lipinski definition) is 5. The van der Waals surface area contributed by atoms with Crippen molar-refractivity contribution in [3.05, 3.63) is 33.9 Å². The first-order valence-corrected chi connectivity index (χ1v) is 7.48. The van der Waals surface area contributed by atoms with Crippen LogP contribution in [-0.2, 0) is 14.8 Å². The Kier molecular flexibility index (Phi) is 4.96. The smallest absolute Gasteiger partial charge is 0.289 e. The van der Waals surface area contributed by atoms with Gasteiger partial charge in [0.25, 0.3) is 5.69 Å². The number of Topliss-reactive ketones (excluding diaryl/α,β-unsaturated/α-hetero) is 1. The van der Waals surface area contributed by atoms with E-state index in [0.717, 1.165) is 6.07 Å². The molecule has 0 saturated carbocycles. The van der Waals surface area contributed by atoms with Crippen molar-refractivity contribution in [1.29, 1.82) is 0 Å². The van der Waals surface area contributed by atoms with Crippen LogP contribution >= 0.6 is 0 Å². The van der Waals surface area contributed by atoms with E-state index >= 15 is 0 Å². The van der Waals surface area contributed by atoms with E-state index in [4.69, 9.17) is 0 Å². The molecule has 0 amide bonds. The zero-order chi connectivity index (χ0) is 15.5. The van der Waals surface area contributed by atoms with Crippen molar-refractivity contribution in [2.24, 2.45) is 0 Å². The summed E-state index contributed by atoms with van der Waals surface area (Å²) in [4.78, 5) is 21.2. The highest BCUT2D eigenvalue weighted by Crippen LogP contribution is 2.26. The Morgan fingerprint density at radius 1 is 1.45 bits per heavy atom. The van der Waals surface area contributed by atoms with Gasteiger partial charge in [0, 0.05) is 12.5 Å². The normalized spacial score (nSPS) is 12.9. The van der Waals surface area contributed by atoms with E-state index in [1.54, 1.807) is 6.92 Å². The monoisotopic (exact) mass is 300 g/mol. The third kappa shape index (κ3) is 3.40. The second-order valence-electron chi connectivity index (χ2n) is 4.34. The first-order chi connectivity index (χ1) is 9.20. The lowest BCUT2D eigenvalue weighted by atomic mass is 10.2. The van der Waals surface area contributed by atoms with Crippen molar-refractivity contribution in [2.45, 2.75) is 38.1 Å². The molecule has 0 spiro atoms. The number of ketones is 1. The maximum Gasteiger partial charge on any atom is 0.289 e. The maximum absolute atomic E-state index is 12.2. The molecule has 0 saturated heterocycles. The molecule has 0 aliphatic heterocycles. The molecule has 0 fully saturated rings. The minimum absolute atomic E-state index is 0.180. The summed E-state index contributed by atoms with van der Waals surface area (Å²) in [5.41, 5.74) is -0.253. The van der Waals surface area contributed by atoms with Crippen LogP contribution in [-0.4, -0.2) is 25.2 Å². The average molecular weight is 300 g/mol.